The van der Waals surface area contributed by atoms with E-state index in [1.807, 2.05) is 12.2 Å². The van der Waals surface area contributed by atoms with Crippen LogP contribution < -0.4 is 11.1 Å². The van der Waals surface area contributed by atoms with Gasteiger partial charge in [0, 0.05) is 25.7 Å². The molecule has 6 heteroatoms. The lowest BCUT2D eigenvalue weighted by Gasteiger charge is -2.33. The topological polar surface area (TPSA) is 58.4 Å². The number of amides is 1. The molecule has 0 rings (SSSR count). The fraction of sp³-hybridized carbons (Fsp3) is 0.615. The molecule has 1 unspecified atom stereocenters. The molecule has 0 aromatic heterocycles. The van der Waals surface area contributed by atoms with E-state index in [1.165, 1.54) is 0 Å². The van der Waals surface area contributed by atoms with Crippen LogP contribution in [0.5, 0.6) is 0 Å². The van der Waals surface area contributed by atoms with E-state index in [2.05, 4.69) is 37.2 Å². The minimum absolute atomic E-state index is 0. The van der Waals surface area contributed by atoms with Gasteiger partial charge >= 0.3 is 0 Å². The Morgan fingerprint density at radius 1 is 1.26 bits per heavy atom. The third-order valence-electron chi connectivity index (χ3n) is 2.66. The van der Waals surface area contributed by atoms with Crippen LogP contribution in [0.25, 0.3) is 0 Å². The monoisotopic (exact) mass is 311 g/mol. The Labute approximate surface area is 129 Å². The van der Waals surface area contributed by atoms with Crippen molar-refractivity contribution in [3.63, 3.8) is 0 Å². The summed E-state index contributed by atoms with van der Waals surface area (Å²) in [7, 11) is 0. The molecule has 0 spiro atoms. The van der Waals surface area contributed by atoms with Crippen LogP contribution in [0.4, 0.5) is 0 Å². The molecule has 0 bridgehead atoms. The van der Waals surface area contributed by atoms with E-state index in [4.69, 9.17) is 5.73 Å². The smallest absolute Gasteiger partial charge is 0.233 e. The summed E-state index contributed by atoms with van der Waals surface area (Å²) in [5.74, 6) is 0.320. The zero-order valence-electron chi connectivity index (χ0n) is 11.8. The number of carbonyl (C=O) groups excluding carboxylic acids is 1. The average Bonchev–Trinajstić information content (AvgIpc) is 2.29. The lowest BCUT2D eigenvalue weighted by Crippen LogP contribution is -2.48. The third-order valence-corrected chi connectivity index (χ3v) is 2.66. The molecule has 0 aromatic carbocycles. The maximum atomic E-state index is 11.2. The highest BCUT2D eigenvalue weighted by Crippen LogP contribution is 2.10. The van der Waals surface area contributed by atoms with Crippen LogP contribution >= 0.6 is 24.8 Å². The molecule has 0 saturated carbocycles. The summed E-state index contributed by atoms with van der Waals surface area (Å²) in [5, 5.41) is 2.84. The summed E-state index contributed by atoms with van der Waals surface area (Å²) in [6.07, 6.45) is 3.73. The molecule has 0 radical (unpaired) electrons. The SMILES string of the molecule is C=CCN(CC=C)C(CNC(=O)CN)C(C)C.Cl.Cl. The van der Waals surface area contributed by atoms with Crippen molar-refractivity contribution in [3.8, 4) is 0 Å². The zero-order valence-corrected chi connectivity index (χ0v) is 13.4. The van der Waals surface area contributed by atoms with Gasteiger partial charge in [0.1, 0.15) is 0 Å². The fourth-order valence-corrected chi connectivity index (χ4v) is 1.75. The first-order valence-corrected chi connectivity index (χ1v) is 5.99. The number of carbonyl (C=O) groups is 1. The Hall–Kier alpha value is -0.550. The Morgan fingerprint density at radius 3 is 2.05 bits per heavy atom. The van der Waals surface area contributed by atoms with Crippen molar-refractivity contribution < 1.29 is 4.79 Å². The van der Waals surface area contributed by atoms with Gasteiger partial charge in [0.15, 0.2) is 0 Å². The van der Waals surface area contributed by atoms with Gasteiger partial charge < -0.3 is 11.1 Å². The van der Waals surface area contributed by atoms with Crippen molar-refractivity contribution in [2.75, 3.05) is 26.2 Å². The van der Waals surface area contributed by atoms with Gasteiger partial charge in [-0.3, -0.25) is 9.69 Å². The standard InChI is InChI=1S/C13H25N3O.2ClH/c1-5-7-16(8-6-2)12(11(3)4)10-15-13(17)9-14;;/h5-6,11-12H,1-2,7-10,14H2,3-4H3,(H,15,17);2*1H. The van der Waals surface area contributed by atoms with E-state index in [0.29, 0.717) is 12.5 Å². The zero-order chi connectivity index (χ0) is 13.3. The molecule has 0 fully saturated rings. The Balaban J connectivity index is -0.00000128. The van der Waals surface area contributed by atoms with Gasteiger partial charge in [-0.25, -0.2) is 0 Å². The van der Waals surface area contributed by atoms with E-state index in [0.717, 1.165) is 13.1 Å². The van der Waals surface area contributed by atoms with E-state index >= 15 is 0 Å². The van der Waals surface area contributed by atoms with E-state index in [1.54, 1.807) is 0 Å². The maximum absolute atomic E-state index is 11.2. The molecule has 0 heterocycles. The number of nitrogens with one attached hydrogen (secondary N) is 1. The summed E-state index contributed by atoms with van der Waals surface area (Å²) in [4.78, 5) is 13.4. The molecule has 1 amide bonds. The van der Waals surface area contributed by atoms with Crippen molar-refractivity contribution in [1.82, 2.24) is 10.2 Å². The molecular weight excluding hydrogens is 285 g/mol. The second-order valence-corrected chi connectivity index (χ2v) is 4.35. The fourth-order valence-electron chi connectivity index (χ4n) is 1.75. The second kappa shape index (κ2) is 13.9. The van der Waals surface area contributed by atoms with Gasteiger partial charge in [0.05, 0.1) is 6.54 Å². The number of nitrogens with two attached hydrogens (primary N) is 1. The maximum Gasteiger partial charge on any atom is 0.233 e. The minimum Gasteiger partial charge on any atom is -0.353 e. The average molecular weight is 312 g/mol. The predicted molar refractivity (Wildman–Crippen MR) is 87.2 cm³/mol. The van der Waals surface area contributed by atoms with Crippen LogP contribution in [0.2, 0.25) is 0 Å². The van der Waals surface area contributed by atoms with E-state index in [-0.39, 0.29) is 43.3 Å². The molecule has 0 aliphatic rings. The lowest BCUT2D eigenvalue weighted by molar-refractivity contribution is -0.120. The van der Waals surface area contributed by atoms with Crippen LogP contribution in [-0.2, 0) is 4.79 Å². The summed E-state index contributed by atoms with van der Waals surface area (Å²) < 4.78 is 0. The van der Waals surface area contributed by atoms with Gasteiger partial charge in [0.25, 0.3) is 0 Å². The highest BCUT2D eigenvalue weighted by atomic mass is 35.5. The molecule has 1 atom stereocenters. The minimum atomic E-state index is -0.118. The van der Waals surface area contributed by atoms with Crippen LogP contribution in [-0.4, -0.2) is 43.0 Å². The van der Waals surface area contributed by atoms with Crippen molar-refractivity contribution >= 4 is 30.7 Å². The largest absolute Gasteiger partial charge is 0.353 e. The van der Waals surface area contributed by atoms with Crippen LogP contribution in [0.15, 0.2) is 25.3 Å². The molecule has 19 heavy (non-hydrogen) atoms. The highest BCUT2D eigenvalue weighted by Gasteiger charge is 2.20. The molecule has 0 aliphatic heterocycles. The van der Waals surface area contributed by atoms with Gasteiger partial charge in [0.2, 0.25) is 5.91 Å². The first-order valence-electron chi connectivity index (χ1n) is 5.99. The van der Waals surface area contributed by atoms with Gasteiger partial charge in [-0.2, -0.15) is 0 Å². The molecule has 0 aliphatic carbocycles. The second-order valence-electron chi connectivity index (χ2n) is 4.35. The van der Waals surface area contributed by atoms with Crippen LogP contribution in [0.1, 0.15) is 13.8 Å². The quantitative estimate of drug-likeness (QED) is 0.636. The molecule has 0 aromatic rings. The van der Waals surface area contributed by atoms with Crippen molar-refractivity contribution in [1.29, 1.82) is 0 Å². The number of hydrogen-bond acceptors (Lipinski definition) is 3. The molecule has 0 saturated heterocycles. The Kier molecular flexibility index (Phi) is 17.2. The van der Waals surface area contributed by atoms with Crippen LogP contribution in [0, 0.1) is 5.92 Å². The summed E-state index contributed by atoms with van der Waals surface area (Å²) in [6.45, 7) is 14.0. The predicted octanol–water partition coefficient (Wildman–Crippen LogP) is 1.60. The molecule has 3 N–H and O–H groups in total. The Bertz CT molecular complexity index is 250. The summed E-state index contributed by atoms with van der Waals surface area (Å²) >= 11 is 0. The van der Waals surface area contributed by atoms with Gasteiger partial charge in [-0.05, 0) is 5.92 Å². The van der Waals surface area contributed by atoms with Crippen molar-refractivity contribution in [3.05, 3.63) is 25.3 Å². The summed E-state index contributed by atoms with van der Waals surface area (Å²) in [6, 6.07) is 0.265. The van der Waals surface area contributed by atoms with Crippen molar-refractivity contribution in [2.45, 2.75) is 19.9 Å². The number of halogens is 2. The number of hydrogen-bond donors (Lipinski definition) is 2. The molecular formula is C13H27Cl2N3O. The first kappa shape index (κ1) is 23.5. The molecule has 114 valence electrons. The van der Waals surface area contributed by atoms with Crippen molar-refractivity contribution in [2.24, 2.45) is 11.7 Å². The normalized spacial score (nSPS) is 11.2. The first-order chi connectivity index (χ1) is 8.06. The molecule has 4 nitrogen and oxygen atoms in total. The lowest BCUT2D eigenvalue weighted by atomic mass is 10.0. The number of nitrogens with zero attached hydrogens (tertiary/aromatic N) is 1. The van der Waals surface area contributed by atoms with Gasteiger partial charge in [-0.1, -0.05) is 26.0 Å². The highest BCUT2D eigenvalue weighted by molar-refractivity contribution is 5.85. The van der Waals surface area contributed by atoms with Gasteiger partial charge in [-0.15, -0.1) is 38.0 Å². The van der Waals surface area contributed by atoms with E-state index in [9.17, 15) is 4.79 Å². The van der Waals surface area contributed by atoms with E-state index < -0.39 is 0 Å². The number of rotatable bonds is 9. The van der Waals surface area contributed by atoms with Crippen LogP contribution in [0.3, 0.4) is 0 Å². The Morgan fingerprint density at radius 2 is 1.74 bits per heavy atom. The summed E-state index contributed by atoms with van der Waals surface area (Å²) in [5.41, 5.74) is 5.27. The third kappa shape index (κ3) is 9.96.